The van der Waals surface area contributed by atoms with E-state index in [4.69, 9.17) is 4.42 Å². The van der Waals surface area contributed by atoms with Crippen LogP contribution >= 0.6 is 0 Å². The van der Waals surface area contributed by atoms with Gasteiger partial charge < -0.3 is 9.32 Å². The molecule has 2 aliphatic rings. The fourth-order valence-electron chi connectivity index (χ4n) is 3.81. The fraction of sp³-hybridized carbons (Fsp3) is 0.524. The summed E-state index contributed by atoms with van der Waals surface area (Å²) >= 11 is 0. The van der Waals surface area contributed by atoms with Crippen LogP contribution in [0.2, 0.25) is 0 Å². The van der Waals surface area contributed by atoms with Gasteiger partial charge >= 0.3 is 0 Å². The zero-order chi connectivity index (χ0) is 17.3. The SMILES string of the molecule is CC1(c2ncc(Cc3ccccc3)o2)CCN(C(=O)C2CCC2)CC1. The van der Waals surface area contributed by atoms with Crippen LogP contribution in [-0.2, 0) is 16.6 Å². The van der Waals surface area contributed by atoms with Crippen molar-refractivity contribution in [1.29, 1.82) is 0 Å². The van der Waals surface area contributed by atoms with E-state index in [-0.39, 0.29) is 5.41 Å². The molecule has 2 fully saturated rings. The van der Waals surface area contributed by atoms with E-state index in [0.717, 1.165) is 56.8 Å². The van der Waals surface area contributed by atoms with Crippen molar-refractivity contribution in [2.24, 2.45) is 5.92 Å². The van der Waals surface area contributed by atoms with Gasteiger partial charge in [0, 0.05) is 30.8 Å². The zero-order valence-corrected chi connectivity index (χ0v) is 14.9. The smallest absolute Gasteiger partial charge is 0.225 e. The lowest BCUT2D eigenvalue weighted by atomic mass is 9.78. The molecule has 1 saturated carbocycles. The second-order valence-corrected chi connectivity index (χ2v) is 7.81. The van der Waals surface area contributed by atoms with Crippen LogP contribution in [0.3, 0.4) is 0 Å². The molecular weight excluding hydrogens is 312 g/mol. The number of carbonyl (C=O) groups excluding carboxylic acids is 1. The predicted molar refractivity (Wildman–Crippen MR) is 96.3 cm³/mol. The number of likely N-dealkylation sites (tertiary alicyclic amines) is 1. The molecule has 0 radical (unpaired) electrons. The third kappa shape index (κ3) is 3.35. The highest BCUT2D eigenvalue weighted by Crippen LogP contribution is 2.36. The standard InChI is InChI=1S/C21H26N2O2/c1-21(10-12-23(13-11-21)19(24)17-8-5-9-17)20-22-15-18(25-20)14-16-6-3-2-4-7-16/h2-4,6-7,15,17H,5,8-14H2,1H3. The Morgan fingerprint density at radius 3 is 2.60 bits per heavy atom. The molecule has 0 atom stereocenters. The van der Waals surface area contributed by atoms with Gasteiger partial charge in [-0.25, -0.2) is 4.98 Å². The number of aromatic nitrogens is 1. The summed E-state index contributed by atoms with van der Waals surface area (Å²) in [5, 5.41) is 0. The maximum Gasteiger partial charge on any atom is 0.225 e. The van der Waals surface area contributed by atoms with Crippen LogP contribution in [0.1, 0.15) is 56.2 Å². The summed E-state index contributed by atoms with van der Waals surface area (Å²) in [5.74, 6) is 2.40. The molecule has 1 amide bonds. The van der Waals surface area contributed by atoms with E-state index in [2.05, 4.69) is 28.9 Å². The first-order valence-corrected chi connectivity index (χ1v) is 9.42. The summed E-state index contributed by atoms with van der Waals surface area (Å²) < 4.78 is 6.09. The number of piperidine rings is 1. The van der Waals surface area contributed by atoms with Crippen molar-refractivity contribution >= 4 is 5.91 Å². The van der Waals surface area contributed by atoms with E-state index in [1.165, 1.54) is 12.0 Å². The maximum atomic E-state index is 12.4. The highest BCUT2D eigenvalue weighted by molar-refractivity contribution is 5.79. The fourth-order valence-corrected chi connectivity index (χ4v) is 3.81. The number of carbonyl (C=O) groups is 1. The van der Waals surface area contributed by atoms with Crippen molar-refractivity contribution in [3.8, 4) is 0 Å². The first-order valence-electron chi connectivity index (χ1n) is 9.42. The Morgan fingerprint density at radius 1 is 1.24 bits per heavy atom. The molecule has 0 spiro atoms. The summed E-state index contributed by atoms with van der Waals surface area (Å²) in [5.41, 5.74) is 1.17. The monoisotopic (exact) mass is 338 g/mol. The van der Waals surface area contributed by atoms with Gasteiger partial charge in [0.05, 0.1) is 6.20 Å². The normalized spacial score (nSPS) is 20.3. The van der Waals surface area contributed by atoms with E-state index >= 15 is 0 Å². The highest BCUT2D eigenvalue weighted by atomic mass is 16.4. The molecule has 0 bridgehead atoms. The molecule has 1 aromatic carbocycles. The largest absolute Gasteiger partial charge is 0.445 e. The number of nitrogens with zero attached hydrogens (tertiary/aromatic N) is 2. The van der Waals surface area contributed by atoms with Gasteiger partial charge in [-0.1, -0.05) is 43.7 Å². The van der Waals surface area contributed by atoms with Gasteiger partial charge in [0.1, 0.15) is 5.76 Å². The molecule has 1 aliphatic carbocycles. The van der Waals surface area contributed by atoms with Crippen molar-refractivity contribution in [3.63, 3.8) is 0 Å². The minimum Gasteiger partial charge on any atom is -0.445 e. The van der Waals surface area contributed by atoms with Gasteiger partial charge in [0.25, 0.3) is 0 Å². The zero-order valence-electron chi connectivity index (χ0n) is 14.9. The molecule has 4 heteroatoms. The molecule has 25 heavy (non-hydrogen) atoms. The van der Waals surface area contributed by atoms with E-state index in [1.54, 1.807) is 0 Å². The molecule has 1 saturated heterocycles. The van der Waals surface area contributed by atoms with Gasteiger partial charge in [-0.3, -0.25) is 4.79 Å². The van der Waals surface area contributed by atoms with E-state index in [0.29, 0.717) is 11.8 Å². The second-order valence-electron chi connectivity index (χ2n) is 7.81. The molecule has 4 nitrogen and oxygen atoms in total. The lowest BCUT2D eigenvalue weighted by Crippen LogP contribution is -2.47. The summed E-state index contributed by atoms with van der Waals surface area (Å²) in [6, 6.07) is 10.3. The first kappa shape index (κ1) is 16.4. The average molecular weight is 338 g/mol. The molecule has 1 aromatic heterocycles. The Labute approximate surface area is 149 Å². The second kappa shape index (κ2) is 6.66. The highest BCUT2D eigenvalue weighted by Gasteiger charge is 2.39. The number of hydrogen-bond donors (Lipinski definition) is 0. The number of hydrogen-bond acceptors (Lipinski definition) is 3. The van der Waals surface area contributed by atoms with Crippen LogP contribution in [-0.4, -0.2) is 28.9 Å². The van der Waals surface area contributed by atoms with Crippen molar-refractivity contribution in [1.82, 2.24) is 9.88 Å². The Bertz CT molecular complexity index is 725. The van der Waals surface area contributed by atoms with Crippen LogP contribution in [0.4, 0.5) is 0 Å². The van der Waals surface area contributed by atoms with Crippen LogP contribution in [0, 0.1) is 5.92 Å². The molecule has 2 heterocycles. The van der Waals surface area contributed by atoms with E-state index < -0.39 is 0 Å². The lowest BCUT2D eigenvalue weighted by molar-refractivity contribution is -0.139. The first-order chi connectivity index (χ1) is 12.1. The van der Waals surface area contributed by atoms with E-state index in [1.807, 2.05) is 24.4 Å². The summed E-state index contributed by atoms with van der Waals surface area (Å²) in [6.45, 7) is 3.86. The molecular formula is C21H26N2O2. The molecule has 132 valence electrons. The number of amides is 1. The average Bonchev–Trinajstić information content (AvgIpc) is 3.04. The van der Waals surface area contributed by atoms with Gasteiger partial charge in [0.2, 0.25) is 5.91 Å². The summed E-state index contributed by atoms with van der Waals surface area (Å²) in [6.07, 6.45) is 7.86. The van der Waals surface area contributed by atoms with Crippen LogP contribution in [0.25, 0.3) is 0 Å². The van der Waals surface area contributed by atoms with Gasteiger partial charge in [0.15, 0.2) is 5.89 Å². The molecule has 0 N–H and O–H groups in total. The Kier molecular flexibility index (Phi) is 4.36. The van der Waals surface area contributed by atoms with Crippen molar-refractivity contribution < 1.29 is 9.21 Å². The van der Waals surface area contributed by atoms with E-state index in [9.17, 15) is 4.79 Å². The van der Waals surface area contributed by atoms with Crippen molar-refractivity contribution in [3.05, 3.63) is 53.7 Å². The number of rotatable bonds is 4. The Morgan fingerprint density at radius 2 is 1.96 bits per heavy atom. The van der Waals surface area contributed by atoms with Crippen molar-refractivity contribution in [2.75, 3.05) is 13.1 Å². The minimum absolute atomic E-state index is 0.0642. The lowest BCUT2D eigenvalue weighted by Gasteiger charge is -2.40. The van der Waals surface area contributed by atoms with Crippen LogP contribution in [0.5, 0.6) is 0 Å². The molecule has 4 rings (SSSR count). The topological polar surface area (TPSA) is 46.3 Å². The van der Waals surface area contributed by atoms with Crippen LogP contribution < -0.4 is 0 Å². The Balaban J connectivity index is 1.39. The minimum atomic E-state index is -0.0642. The Hall–Kier alpha value is -2.10. The third-order valence-corrected chi connectivity index (χ3v) is 5.92. The molecule has 1 aliphatic heterocycles. The summed E-state index contributed by atoms with van der Waals surface area (Å²) in [4.78, 5) is 19.0. The van der Waals surface area contributed by atoms with Gasteiger partial charge in [-0.05, 0) is 31.2 Å². The summed E-state index contributed by atoms with van der Waals surface area (Å²) in [7, 11) is 0. The predicted octanol–water partition coefficient (Wildman–Crippen LogP) is 3.95. The molecule has 2 aromatic rings. The maximum absolute atomic E-state index is 12.4. The molecule has 0 unspecified atom stereocenters. The van der Waals surface area contributed by atoms with Gasteiger partial charge in [-0.15, -0.1) is 0 Å². The quantitative estimate of drug-likeness (QED) is 0.848. The third-order valence-electron chi connectivity index (χ3n) is 5.92. The van der Waals surface area contributed by atoms with Crippen molar-refractivity contribution in [2.45, 2.75) is 50.9 Å². The number of oxazole rings is 1. The van der Waals surface area contributed by atoms with Crippen LogP contribution in [0.15, 0.2) is 40.9 Å². The number of benzene rings is 1. The van der Waals surface area contributed by atoms with Gasteiger partial charge in [-0.2, -0.15) is 0 Å².